The average molecular weight is 267 g/mol. The van der Waals surface area contributed by atoms with Gasteiger partial charge in [-0.25, -0.2) is 19.6 Å². The maximum absolute atomic E-state index is 5.89. The third kappa shape index (κ3) is 2.26. The fourth-order valence-electron chi connectivity index (χ4n) is 1.83. The summed E-state index contributed by atoms with van der Waals surface area (Å²) in [6.45, 7) is 1.85. The topological polar surface area (TPSA) is 95.4 Å². The number of pyridine rings is 1. The van der Waals surface area contributed by atoms with Gasteiger partial charge in [-0.05, 0) is 19.1 Å². The smallest absolute Gasteiger partial charge is 0.202 e. The zero-order chi connectivity index (χ0) is 13.9. The van der Waals surface area contributed by atoms with Gasteiger partial charge in [0.1, 0.15) is 12.0 Å². The molecule has 0 aliphatic heterocycles. The number of aromatic nitrogens is 6. The molecule has 0 bridgehead atoms. The van der Waals surface area contributed by atoms with E-state index in [1.165, 1.54) is 0 Å². The van der Waals surface area contributed by atoms with Gasteiger partial charge in [-0.1, -0.05) is 6.07 Å². The molecule has 0 fully saturated rings. The van der Waals surface area contributed by atoms with Crippen molar-refractivity contribution in [3.63, 3.8) is 0 Å². The molecule has 0 radical (unpaired) electrons. The number of hydrogen-bond acceptors (Lipinski definition) is 6. The minimum absolute atomic E-state index is 0.236. The molecule has 1 unspecified atom stereocenters. The summed E-state index contributed by atoms with van der Waals surface area (Å²) in [4.78, 5) is 17.0. The zero-order valence-corrected chi connectivity index (χ0v) is 10.9. The van der Waals surface area contributed by atoms with E-state index in [-0.39, 0.29) is 6.04 Å². The van der Waals surface area contributed by atoms with Crippen LogP contribution in [0.1, 0.15) is 18.7 Å². The third-order valence-electron chi connectivity index (χ3n) is 2.75. The first kappa shape index (κ1) is 12.4. The van der Waals surface area contributed by atoms with E-state index in [2.05, 4.69) is 25.0 Å². The highest BCUT2D eigenvalue weighted by molar-refractivity contribution is 5.52. The fraction of sp³-hybridized carbons (Fsp3) is 0.154. The van der Waals surface area contributed by atoms with Crippen LogP contribution in [0.25, 0.3) is 17.3 Å². The number of nitrogens with two attached hydrogens (primary N) is 1. The average Bonchev–Trinajstić information content (AvgIpc) is 2.98. The summed E-state index contributed by atoms with van der Waals surface area (Å²) in [5, 5.41) is 4.38. The van der Waals surface area contributed by atoms with Gasteiger partial charge >= 0.3 is 0 Å². The molecule has 7 heteroatoms. The van der Waals surface area contributed by atoms with Crippen molar-refractivity contribution in [3.8, 4) is 17.3 Å². The van der Waals surface area contributed by atoms with Crippen LogP contribution in [0.15, 0.2) is 43.1 Å². The van der Waals surface area contributed by atoms with Crippen molar-refractivity contribution in [1.29, 1.82) is 0 Å². The molecule has 3 heterocycles. The van der Waals surface area contributed by atoms with E-state index in [1.807, 2.05) is 25.1 Å². The SMILES string of the molecule is CC(N)c1nccnc1-c1ncn(-c2ccccn2)n1. The Hall–Kier alpha value is -2.67. The molecule has 3 aromatic rings. The first-order valence-electron chi connectivity index (χ1n) is 6.15. The summed E-state index contributed by atoms with van der Waals surface area (Å²) in [5.41, 5.74) is 7.16. The molecule has 0 aliphatic rings. The van der Waals surface area contributed by atoms with Crippen LogP contribution in [0.4, 0.5) is 0 Å². The van der Waals surface area contributed by atoms with Crippen molar-refractivity contribution in [1.82, 2.24) is 29.7 Å². The van der Waals surface area contributed by atoms with Crippen molar-refractivity contribution < 1.29 is 0 Å². The Labute approximate surface area is 115 Å². The Bertz CT molecular complexity index is 706. The van der Waals surface area contributed by atoms with Gasteiger partial charge < -0.3 is 5.73 Å². The highest BCUT2D eigenvalue weighted by Crippen LogP contribution is 2.19. The number of hydrogen-bond donors (Lipinski definition) is 1. The van der Waals surface area contributed by atoms with Crippen molar-refractivity contribution in [2.75, 3.05) is 0 Å². The van der Waals surface area contributed by atoms with Gasteiger partial charge in [-0.2, -0.15) is 0 Å². The molecule has 0 aliphatic carbocycles. The molecular formula is C13H13N7. The summed E-state index contributed by atoms with van der Waals surface area (Å²) in [5.74, 6) is 1.17. The molecule has 0 aromatic carbocycles. The third-order valence-corrected chi connectivity index (χ3v) is 2.75. The van der Waals surface area contributed by atoms with E-state index >= 15 is 0 Å². The quantitative estimate of drug-likeness (QED) is 0.764. The summed E-state index contributed by atoms with van der Waals surface area (Å²) >= 11 is 0. The van der Waals surface area contributed by atoms with Crippen LogP contribution in [0.5, 0.6) is 0 Å². The Balaban J connectivity index is 2.03. The second kappa shape index (κ2) is 5.14. The first-order valence-corrected chi connectivity index (χ1v) is 6.15. The Kier molecular flexibility index (Phi) is 3.18. The van der Waals surface area contributed by atoms with Crippen LogP contribution in [-0.2, 0) is 0 Å². The molecule has 20 heavy (non-hydrogen) atoms. The lowest BCUT2D eigenvalue weighted by molar-refractivity contribution is 0.771. The highest BCUT2D eigenvalue weighted by atomic mass is 15.4. The normalized spacial score (nSPS) is 12.3. The van der Waals surface area contributed by atoms with Crippen LogP contribution in [0.2, 0.25) is 0 Å². The zero-order valence-electron chi connectivity index (χ0n) is 10.9. The van der Waals surface area contributed by atoms with E-state index < -0.39 is 0 Å². The lowest BCUT2D eigenvalue weighted by atomic mass is 10.2. The standard InChI is InChI=1S/C13H13N7/c1-9(14)11-12(17-7-6-16-11)13-18-8-20(19-13)10-4-2-3-5-15-10/h2-9H,14H2,1H3. The minimum atomic E-state index is -0.236. The van der Waals surface area contributed by atoms with Crippen LogP contribution in [0.3, 0.4) is 0 Å². The van der Waals surface area contributed by atoms with E-state index in [9.17, 15) is 0 Å². The van der Waals surface area contributed by atoms with Gasteiger partial charge in [-0.3, -0.25) is 4.98 Å². The Morgan fingerprint density at radius 1 is 1.05 bits per heavy atom. The molecule has 7 nitrogen and oxygen atoms in total. The number of nitrogens with zero attached hydrogens (tertiary/aromatic N) is 6. The molecular weight excluding hydrogens is 254 g/mol. The molecule has 3 aromatic heterocycles. The fourth-order valence-corrected chi connectivity index (χ4v) is 1.83. The first-order chi connectivity index (χ1) is 9.75. The second-order valence-corrected chi connectivity index (χ2v) is 4.28. The minimum Gasteiger partial charge on any atom is -0.323 e. The van der Waals surface area contributed by atoms with E-state index in [0.29, 0.717) is 23.0 Å². The predicted molar refractivity (Wildman–Crippen MR) is 72.8 cm³/mol. The maximum atomic E-state index is 5.89. The van der Waals surface area contributed by atoms with Crippen molar-refractivity contribution in [2.24, 2.45) is 5.73 Å². The van der Waals surface area contributed by atoms with E-state index in [4.69, 9.17) is 5.73 Å². The molecule has 0 saturated carbocycles. The number of rotatable bonds is 3. The summed E-state index contributed by atoms with van der Waals surface area (Å²) < 4.78 is 1.59. The Morgan fingerprint density at radius 3 is 2.65 bits per heavy atom. The van der Waals surface area contributed by atoms with Crippen LogP contribution >= 0.6 is 0 Å². The highest BCUT2D eigenvalue weighted by Gasteiger charge is 2.15. The lowest BCUT2D eigenvalue weighted by Gasteiger charge is -2.07. The van der Waals surface area contributed by atoms with Gasteiger partial charge in [0.2, 0.25) is 5.82 Å². The van der Waals surface area contributed by atoms with Crippen LogP contribution in [0, 0.1) is 0 Å². The summed E-state index contributed by atoms with van der Waals surface area (Å²) in [7, 11) is 0. The molecule has 100 valence electrons. The summed E-state index contributed by atoms with van der Waals surface area (Å²) in [6, 6.07) is 5.35. The monoisotopic (exact) mass is 267 g/mol. The van der Waals surface area contributed by atoms with Gasteiger partial charge in [0, 0.05) is 24.6 Å². The predicted octanol–water partition coefficient (Wildman–Crippen LogP) is 1.14. The van der Waals surface area contributed by atoms with Crippen LogP contribution < -0.4 is 5.73 Å². The largest absolute Gasteiger partial charge is 0.323 e. The molecule has 3 rings (SSSR count). The Morgan fingerprint density at radius 2 is 1.90 bits per heavy atom. The summed E-state index contributed by atoms with van der Waals surface area (Å²) in [6.07, 6.45) is 6.50. The molecule has 1 atom stereocenters. The molecule has 0 spiro atoms. The van der Waals surface area contributed by atoms with Crippen LogP contribution in [-0.4, -0.2) is 29.7 Å². The lowest BCUT2D eigenvalue weighted by Crippen LogP contribution is -2.10. The van der Waals surface area contributed by atoms with Crippen molar-refractivity contribution >= 4 is 0 Å². The molecule has 0 saturated heterocycles. The van der Waals surface area contributed by atoms with Crippen molar-refractivity contribution in [2.45, 2.75) is 13.0 Å². The van der Waals surface area contributed by atoms with Gasteiger partial charge in [0.25, 0.3) is 0 Å². The van der Waals surface area contributed by atoms with Crippen molar-refractivity contribution in [3.05, 3.63) is 48.8 Å². The van der Waals surface area contributed by atoms with E-state index in [0.717, 1.165) is 0 Å². The van der Waals surface area contributed by atoms with Gasteiger partial charge in [0.05, 0.1) is 5.69 Å². The van der Waals surface area contributed by atoms with E-state index in [1.54, 1.807) is 29.6 Å². The molecule has 2 N–H and O–H groups in total. The second-order valence-electron chi connectivity index (χ2n) is 4.28. The van der Waals surface area contributed by atoms with Gasteiger partial charge in [-0.15, -0.1) is 5.10 Å². The molecule has 0 amide bonds. The van der Waals surface area contributed by atoms with Gasteiger partial charge in [0.15, 0.2) is 5.82 Å². The maximum Gasteiger partial charge on any atom is 0.202 e.